The highest BCUT2D eigenvalue weighted by molar-refractivity contribution is 6.04. The van der Waals surface area contributed by atoms with E-state index < -0.39 is 5.91 Å². The predicted octanol–water partition coefficient (Wildman–Crippen LogP) is 0.670. The van der Waals surface area contributed by atoms with Crippen molar-refractivity contribution in [1.29, 1.82) is 0 Å². The molecule has 0 bridgehead atoms. The van der Waals surface area contributed by atoms with E-state index in [-0.39, 0.29) is 5.69 Å². The first-order chi connectivity index (χ1) is 6.72. The number of nitrogens with two attached hydrogens (primary N) is 1. The van der Waals surface area contributed by atoms with E-state index in [1.165, 1.54) is 0 Å². The quantitative estimate of drug-likeness (QED) is 0.732. The molecule has 0 radical (unpaired) electrons. The number of amides is 1. The summed E-state index contributed by atoms with van der Waals surface area (Å²) in [5.74, 6) is 0.117. The highest BCUT2D eigenvalue weighted by Crippen LogP contribution is 2.21. The number of nitrogens with one attached hydrogen (secondary N) is 1. The minimum atomic E-state index is -0.551. The zero-order valence-corrected chi connectivity index (χ0v) is 7.57. The van der Waals surface area contributed by atoms with Crippen molar-refractivity contribution in [2.45, 2.75) is 0 Å². The molecular formula is C9H9N3O2. The lowest BCUT2D eigenvalue weighted by Crippen LogP contribution is -2.11. The van der Waals surface area contributed by atoms with Crippen LogP contribution < -0.4 is 10.5 Å². The molecule has 5 nitrogen and oxygen atoms in total. The molecule has 0 saturated heterocycles. The molecule has 0 aliphatic heterocycles. The van der Waals surface area contributed by atoms with Crippen LogP contribution in [0.3, 0.4) is 0 Å². The normalized spacial score (nSPS) is 10.4. The van der Waals surface area contributed by atoms with Gasteiger partial charge in [0.1, 0.15) is 5.75 Å². The van der Waals surface area contributed by atoms with Crippen molar-refractivity contribution in [3.63, 3.8) is 0 Å². The van der Waals surface area contributed by atoms with E-state index in [1.807, 2.05) is 0 Å². The average Bonchev–Trinajstić information content (AvgIpc) is 2.59. The van der Waals surface area contributed by atoms with Gasteiger partial charge in [-0.2, -0.15) is 5.10 Å². The first-order valence-corrected chi connectivity index (χ1v) is 4.04. The molecule has 1 heterocycles. The molecule has 0 fully saturated rings. The van der Waals surface area contributed by atoms with Crippen LogP contribution in [0.2, 0.25) is 0 Å². The maximum absolute atomic E-state index is 11.0. The minimum Gasteiger partial charge on any atom is -0.497 e. The number of hydrogen-bond donors (Lipinski definition) is 2. The second-order valence-electron chi connectivity index (χ2n) is 2.85. The van der Waals surface area contributed by atoms with Crippen LogP contribution in [0.25, 0.3) is 10.9 Å². The number of H-pyrrole nitrogens is 1. The Bertz CT molecular complexity index is 490. The van der Waals surface area contributed by atoms with E-state index in [0.717, 1.165) is 5.52 Å². The molecule has 0 aliphatic rings. The van der Waals surface area contributed by atoms with E-state index in [0.29, 0.717) is 11.1 Å². The SMILES string of the molecule is COc1ccc2[nH]nc(C(N)=O)c2c1. The Morgan fingerprint density at radius 2 is 2.36 bits per heavy atom. The van der Waals surface area contributed by atoms with Gasteiger partial charge in [0.2, 0.25) is 0 Å². The fraction of sp³-hybridized carbons (Fsp3) is 0.111. The van der Waals surface area contributed by atoms with E-state index in [2.05, 4.69) is 10.2 Å². The molecule has 2 aromatic rings. The second-order valence-corrected chi connectivity index (χ2v) is 2.85. The van der Waals surface area contributed by atoms with Gasteiger partial charge in [-0.3, -0.25) is 9.89 Å². The highest BCUT2D eigenvalue weighted by atomic mass is 16.5. The van der Waals surface area contributed by atoms with Crippen molar-refractivity contribution >= 4 is 16.8 Å². The van der Waals surface area contributed by atoms with E-state index in [9.17, 15) is 4.79 Å². The summed E-state index contributed by atoms with van der Waals surface area (Å²) in [5, 5.41) is 7.21. The first kappa shape index (κ1) is 8.55. The molecule has 1 aromatic heterocycles. The number of carbonyl (C=O) groups excluding carboxylic acids is 1. The molecule has 72 valence electrons. The average molecular weight is 191 g/mol. The molecule has 0 aliphatic carbocycles. The third-order valence-corrected chi connectivity index (χ3v) is 2.00. The van der Waals surface area contributed by atoms with Crippen LogP contribution in [0.15, 0.2) is 18.2 Å². The molecule has 3 N–H and O–H groups in total. The summed E-state index contributed by atoms with van der Waals surface area (Å²) in [7, 11) is 1.56. The van der Waals surface area contributed by atoms with Gasteiger partial charge >= 0.3 is 0 Å². The Balaban J connectivity index is 2.69. The van der Waals surface area contributed by atoms with Gasteiger partial charge in [-0.05, 0) is 18.2 Å². The van der Waals surface area contributed by atoms with Crippen molar-refractivity contribution in [2.75, 3.05) is 7.11 Å². The highest BCUT2D eigenvalue weighted by Gasteiger charge is 2.10. The van der Waals surface area contributed by atoms with Crippen LogP contribution in [0.1, 0.15) is 10.5 Å². The van der Waals surface area contributed by atoms with Crippen LogP contribution in [-0.2, 0) is 0 Å². The van der Waals surface area contributed by atoms with E-state index in [1.54, 1.807) is 25.3 Å². The molecule has 0 atom stereocenters. The summed E-state index contributed by atoms with van der Waals surface area (Å²) in [6.07, 6.45) is 0. The summed E-state index contributed by atoms with van der Waals surface area (Å²) >= 11 is 0. The summed E-state index contributed by atoms with van der Waals surface area (Å²) in [4.78, 5) is 11.0. The lowest BCUT2D eigenvalue weighted by atomic mass is 10.2. The van der Waals surface area contributed by atoms with Gasteiger partial charge in [0.05, 0.1) is 12.6 Å². The van der Waals surface area contributed by atoms with Crippen LogP contribution in [0.5, 0.6) is 5.75 Å². The number of aromatic nitrogens is 2. The second kappa shape index (κ2) is 3.02. The smallest absolute Gasteiger partial charge is 0.269 e. The van der Waals surface area contributed by atoms with Gasteiger partial charge in [0.25, 0.3) is 5.91 Å². The van der Waals surface area contributed by atoms with Gasteiger partial charge in [0, 0.05) is 5.39 Å². The number of nitrogens with zero attached hydrogens (tertiary/aromatic N) is 1. The van der Waals surface area contributed by atoms with Gasteiger partial charge in [0.15, 0.2) is 5.69 Å². The largest absolute Gasteiger partial charge is 0.497 e. The summed E-state index contributed by atoms with van der Waals surface area (Å²) in [6, 6.07) is 5.29. The molecule has 2 rings (SSSR count). The van der Waals surface area contributed by atoms with Crippen LogP contribution in [0, 0.1) is 0 Å². The third kappa shape index (κ3) is 1.19. The number of ether oxygens (including phenoxy) is 1. The van der Waals surface area contributed by atoms with Gasteiger partial charge < -0.3 is 10.5 Å². The van der Waals surface area contributed by atoms with Crippen molar-refractivity contribution in [2.24, 2.45) is 5.73 Å². The number of methoxy groups -OCH3 is 1. The number of primary amides is 1. The van der Waals surface area contributed by atoms with Gasteiger partial charge in [-0.1, -0.05) is 0 Å². The number of aromatic amines is 1. The predicted molar refractivity (Wildman–Crippen MR) is 51.2 cm³/mol. The Morgan fingerprint density at radius 3 is 3.00 bits per heavy atom. The molecule has 0 unspecified atom stereocenters. The Hall–Kier alpha value is -2.04. The van der Waals surface area contributed by atoms with Crippen LogP contribution in [-0.4, -0.2) is 23.2 Å². The Labute approximate surface area is 79.9 Å². The van der Waals surface area contributed by atoms with Gasteiger partial charge in [-0.15, -0.1) is 0 Å². The number of rotatable bonds is 2. The molecule has 1 aromatic carbocycles. The molecule has 0 spiro atoms. The van der Waals surface area contributed by atoms with Crippen molar-refractivity contribution in [3.8, 4) is 5.75 Å². The molecule has 5 heteroatoms. The minimum absolute atomic E-state index is 0.235. The topological polar surface area (TPSA) is 81.0 Å². The summed E-state index contributed by atoms with van der Waals surface area (Å²) < 4.78 is 5.03. The fourth-order valence-corrected chi connectivity index (χ4v) is 1.31. The fourth-order valence-electron chi connectivity index (χ4n) is 1.31. The van der Waals surface area contributed by atoms with Crippen molar-refractivity contribution in [1.82, 2.24) is 10.2 Å². The van der Waals surface area contributed by atoms with Gasteiger partial charge in [-0.25, -0.2) is 0 Å². The van der Waals surface area contributed by atoms with Crippen LogP contribution >= 0.6 is 0 Å². The van der Waals surface area contributed by atoms with E-state index in [4.69, 9.17) is 10.5 Å². The number of carbonyl (C=O) groups is 1. The zero-order valence-electron chi connectivity index (χ0n) is 7.57. The summed E-state index contributed by atoms with van der Waals surface area (Å²) in [6.45, 7) is 0. The first-order valence-electron chi connectivity index (χ1n) is 4.04. The van der Waals surface area contributed by atoms with E-state index >= 15 is 0 Å². The molecule has 14 heavy (non-hydrogen) atoms. The molecule has 1 amide bonds. The molecule has 0 saturated carbocycles. The Morgan fingerprint density at radius 1 is 1.57 bits per heavy atom. The maximum Gasteiger partial charge on any atom is 0.269 e. The van der Waals surface area contributed by atoms with Crippen molar-refractivity contribution < 1.29 is 9.53 Å². The number of hydrogen-bond acceptors (Lipinski definition) is 3. The monoisotopic (exact) mass is 191 g/mol. The van der Waals surface area contributed by atoms with Crippen molar-refractivity contribution in [3.05, 3.63) is 23.9 Å². The van der Waals surface area contributed by atoms with Crippen LogP contribution in [0.4, 0.5) is 0 Å². The standard InChI is InChI=1S/C9H9N3O2/c1-14-5-2-3-7-6(4-5)8(9(10)13)12-11-7/h2-4H,1H3,(H2,10,13)(H,11,12). The third-order valence-electron chi connectivity index (χ3n) is 2.00. The zero-order chi connectivity index (χ0) is 10.1. The Kier molecular flexibility index (Phi) is 1.85. The lowest BCUT2D eigenvalue weighted by Gasteiger charge is -1.98. The lowest BCUT2D eigenvalue weighted by molar-refractivity contribution is 0.0997. The summed E-state index contributed by atoms with van der Waals surface area (Å²) in [5.41, 5.74) is 6.15. The number of fused-ring (bicyclic) bond motifs is 1. The number of benzene rings is 1. The molecular weight excluding hydrogens is 182 g/mol. The maximum atomic E-state index is 11.0.